The first-order chi connectivity index (χ1) is 12.5. The maximum absolute atomic E-state index is 12.4. The summed E-state index contributed by atoms with van der Waals surface area (Å²) in [6.45, 7) is 1.13. The number of carbonyl (C=O) groups excluding carboxylic acids is 1. The number of hydrogen-bond donors (Lipinski definition) is 2. The molecule has 0 heterocycles. The van der Waals surface area contributed by atoms with Crippen LogP contribution in [0.25, 0.3) is 0 Å². The van der Waals surface area contributed by atoms with Gasteiger partial charge in [0.05, 0.1) is 11.6 Å². The minimum Gasteiger partial charge on any atom is -0.492 e. The van der Waals surface area contributed by atoms with E-state index in [0.29, 0.717) is 23.9 Å². The lowest BCUT2D eigenvalue weighted by Gasteiger charge is -2.56. The molecule has 142 valence electrons. The second-order valence-corrected chi connectivity index (χ2v) is 9.68. The molecule has 0 spiro atoms. The van der Waals surface area contributed by atoms with Gasteiger partial charge in [-0.05, 0) is 80.9 Å². The summed E-state index contributed by atoms with van der Waals surface area (Å²) in [6, 6.07) is 5.54. The Labute approximate surface area is 168 Å². The summed E-state index contributed by atoms with van der Waals surface area (Å²) in [6.07, 6.45) is 8.45. The van der Waals surface area contributed by atoms with Crippen molar-refractivity contribution < 1.29 is 9.53 Å². The average molecular weight is 442 g/mol. The van der Waals surface area contributed by atoms with Crippen molar-refractivity contribution >= 4 is 33.6 Å². The number of ether oxygens (including phenoxy) is 1. The third kappa shape index (κ3) is 4.14. The zero-order valence-electron chi connectivity index (χ0n) is 14.9. The topological polar surface area (TPSA) is 50.4 Å². The van der Waals surface area contributed by atoms with E-state index in [1.807, 2.05) is 18.2 Å². The van der Waals surface area contributed by atoms with Crippen molar-refractivity contribution in [2.24, 2.45) is 17.8 Å². The summed E-state index contributed by atoms with van der Waals surface area (Å²) in [5.41, 5.74) is 0.0697. The van der Waals surface area contributed by atoms with E-state index >= 15 is 0 Å². The Morgan fingerprint density at radius 3 is 2.46 bits per heavy atom. The van der Waals surface area contributed by atoms with Gasteiger partial charge in [0.1, 0.15) is 5.75 Å². The van der Waals surface area contributed by atoms with Crippen molar-refractivity contribution in [3.05, 3.63) is 27.7 Å². The fourth-order valence-electron chi connectivity index (χ4n) is 5.60. The molecule has 4 fully saturated rings. The van der Waals surface area contributed by atoms with E-state index in [1.165, 1.54) is 38.5 Å². The molecule has 4 aliphatic carbocycles. The fraction of sp³-hybridized carbons (Fsp3) is 0.650. The summed E-state index contributed by atoms with van der Waals surface area (Å²) in [4.78, 5) is 12.4. The van der Waals surface area contributed by atoms with Gasteiger partial charge in [-0.25, -0.2) is 4.79 Å². The van der Waals surface area contributed by atoms with Gasteiger partial charge in [0.25, 0.3) is 0 Å². The van der Waals surface area contributed by atoms with E-state index < -0.39 is 0 Å². The predicted molar refractivity (Wildman–Crippen MR) is 107 cm³/mol. The molecular formula is C20H26BrClN2O2. The maximum Gasteiger partial charge on any atom is 0.315 e. The summed E-state index contributed by atoms with van der Waals surface area (Å²) in [5.74, 6) is 3.19. The first-order valence-corrected chi connectivity index (χ1v) is 10.8. The van der Waals surface area contributed by atoms with Crippen LogP contribution in [-0.4, -0.2) is 24.7 Å². The molecule has 4 aliphatic rings. The van der Waals surface area contributed by atoms with Crippen LogP contribution in [-0.2, 0) is 0 Å². The molecule has 1 aromatic carbocycles. The molecular weight excluding hydrogens is 416 g/mol. The van der Waals surface area contributed by atoms with E-state index in [0.717, 1.165) is 28.6 Å². The number of halogens is 2. The van der Waals surface area contributed by atoms with Gasteiger partial charge in [0.15, 0.2) is 0 Å². The number of amides is 2. The molecule has 0 aliphatic heterocycles. The van der Waals surface area contributed by atoms with E-state index in [2.05, 4.69) is 26.6 Å². The molecule has 26 heavy (non-hydrogen) atoms. The van der Waals surface area contributed by atoms with Crippen LogP contribution in [0.1, 0.15) is 44.9 Å². The van der Waals surface area contributed by atoms with Crippen molar-refractivity contribution in [3.63, 3.8) is 0 Å². The maximum atomic E-state index is 12.4. The molecule has 2 amide bonds. The van der Waals surface area contributed by atoms with Gasteiger partial charge in [-0.15, -0.1) is 0 Å². The largest absolute Gasteiger partial charge is 0.492 e. The van der Waals surface area contributed by atoms with Crippen LogP contribution >= 0.6 is 27.5 Å². The second-order valence-electron chi connectivity index (χ2n) is 8.36. The van der Waals surface area contributed by atoms with E-state index in [4.69, 9.17) is 16.3 Å². The van der Waals surface area contributed by atoms with Crippen molar-refractivity contribution in [1.29, 1.82) is 0 Å². The summed E-state index contributed by atoms with van der Waals surface area (Å²) >= 11 is 9.51. The zero-order chi connectivity index (χ0) is 18.1. The Hall–Kier alpha value is -0.940. The molecule has 0 radical (unpaired) electrons. The molecule has 0 aromatic heterocycles. The SMILES string of the molecule is O=C(NCCCOc1ccc(Br)cc1Cl)NC12CC3CC(CC(C3)C1)C2. The van der Waals surface area contributed by atoms with Crippen LogP contribution in [0, 0.1) is 17.8 Å². The minimum atomic E-state index is -0.0198. The Morgan fingerprint density at radius 2 is 1.85 bits per heavy atom. The van der Waals surface area contributed by atoms with Crippen molar-refractivity contribution in [2.45, 2.75) is 50.5 Å². The predicted octanol–water partition coefficient (Wildman–Crippen LogP) is 5.14. The monoisotopic (exact) mass is 440 g/mol. The second kappa shape index (κ2) is 7.59. The average Bonchev–Trinajstić information content (AvgIpc) is 2.54. The molecule has 5 rings (SSSR count). The van der Waals surface area contributed by atoms with Gasteiger partial charge in [-0.3, -0.25) is 0 Å². The van der Waals surface area contributed by atoms with Gasteiger partial charge in [-0.1, -0.05) is 27.5 Å². The van der Waals surface area contributed by atoms with Crippen LogP contribution in [0.4, 0.5) is 4.79 Å². The lowest BCUT2D eigenvalue weighted by molar-refractivity contribution is -0.0135. The zero-order valence-corrected chi connectivity index (χ0v) is 17.2. The van der Waals surface area contributed by atoms with Gasteiger partial charge < -0.3 is 15.4 Å². The van der Waals surface area contributed by atoms with Gasteiger partial charge >= 0.3 is 6.03 Å². The summed E-state index contributed by atoms with van der Waals surface area (Å²) in [7, 11) is 0. The number of carbonyl (C=O) groups is 1. The molecule has 2 N–H and O–H groups in total. The number of hydrogen-bond acceptors (Lipinski definition) is 2. The highest BCUT2D eigenvalue weighted by molar-refractivity contribution is 9.10. The van der Waals surface area contributed by atoms with E-state index in [1.54, 1.807) is 0 Å². The van der Waals surface area contributed by atoms with Crippen molar-refractivity contribution in [3.8, 4) is 5.75 Å². The first-order valence-electron chi connectivity index (χ1n) is 9.65. The number of benzene rings is 1. The van der Waals surface area contributed by atoms with Gasteiger partial charge in [0, 0.05) is 16.6 Å². The molecule has 1 aromatic rings. The van der Waals surface area contributed by atoms with Crippen LogP contribution in [0.3, 0.4) is 0 Å². The molecule has 0 atom stereocenters. The fourth-order valence-corrected chi connectivity index (χ4v) is 6.33. The third-order valence-electron chi connectivity index (χ3n) is 6.18. The van der Waals surface area contributed by atoms with Crippen molar-refractivity contribution in [2.75, 3.05) is 13.2 Å². The number of nitrogens with one attached hydrogen (secondary N) is 2. The van der Waals surface area contributed by atoms with Crippen LogP contribution in [0.2, 0.25) is 5.02 Å². The highest BCUT2D eigenvalue weighted by atomic mass is 79.9. The Morgan fingerprint density at radius 1 is 1.19 bits per heavy atom. The van der Waals surface area contributed by atoms with Gasteiger partial charge in [-0.2, -0.15) is 0 Å². The molecule has 6 heteroatoms. The normalized spacial score (nSPS) is 31.7. The smallest absolute Gasteiger partial charge is 0.315 e. The van der Waals surface area contributed by atoms with E-state index in [9.17, 15) is 4.79 Å². The Kier molecular flexibility index (Phi) is 5.38. The van der Waals surface area contributed by atoms with Crippen molar-refractivity contribution in [1.82, 2.24) is 10.6 Å². The van der Waals surface area contributed by atoms with Crippen LogP contribution in [0.15, 0.2) is 22.7 Å². The third-order valence-corrected chi connectivity index (χ3v) is 6.96. The van der Waals surface area contributed by atoms with E-state index in [-0.39, 0.29) is 11.6 Å². The lowest BCUT2D eigenvalue weighted by atomic mass is 9.53. The lowest BCUT2D eigenvalue weighted by Crippen LogP contribution is -2.61. The molecule has 4 saturated carbocycles. The number of urea groups is 1. The molecule has 4 bridgehead atoms. The standard InChI is InChI=1S/C20H26BrClN2O2/c21-16-2-3-18(17(22)9-16)26-5-1-4-23-19(25)24-20-10-13-6-14(11-20)8-15(7-13)12-20/h2-3,9,13-15H,1,4-8,10-12H2,(H2,23,24,25). The highest BCUT2D eigenvalue weighted by Gasteiger charge is 2.51. The minimum absolute atomic E-state index is 0.0198. The quantitative estimate of drug-likeness (QED) is 0.601. The number of rotatable bonds is 6. The van der Waals surface area contributed by atoms with Crippen LogP contribution < -0.4 is 15.4 Å². The molecule has 0 saturated heterocycles. The Balaban J connectivity index is 1.18. The summed E-state index contributed by atoms with van der Waals surface area (Å²) < 4.78 is 6.61. The van der Waals surface area contributed by atoms with Gasteiger partial charge in [0.2, 0.25) is 0 Å². The summed E-state index contributed by atoms with van der Waals surface area (Å²) in [5, 5.41) is 6.92. The first kappa shape index (κ1) is 18.4. The molecule has 0 unspecified atom stereocenters. The Bertz CT molecular complexity index is 646. The van der Waals surface area contributed by atoms with Crippen LogP contribution in [0.5, 0.6) is 5.75 Å². The highest BCUT2D eigenvalue weighted by Crippen LogP contribution is 2.55. The molecule has 4 nitrogen and oxygen atoms in total.